The van der Waals surface area contributed by atoms with Gasteiger partial charge in [-0.2, -0.15) is 0 Å². The van der Waals surface area contributed by atoms with Gasteiger partial charge in [0.25, 0.3) is 5.91 Å². The fourth-order valence-corrected chi connectivity index (χ4v) is 4.60. The molecular formula is C20H28N2OS. The first-order valence-electron chi connectivity index (χ1n) is 9.25. The maximum atomic E-state index is 12.5. The Kier molecular flexibility index (Phi) is 5.77. The molecule has 0 aliphatic heterocycles. The van der Waals surface area contributed by atoms with E-state index in [1.807, 2.05) is 0 Å². The van der Waals surface area contributed by atoms with Gasteiger partial charge < -0.3 is 0 Å². The van der Waals surface area contributed by atoms with E-state index in [2.05, 4.69) is 42.9 Å². The summed E-state index contributed by atoms with van der Waals surface area (Å²) in [6, 6.07) is 2.09. The van der Waals surface area contributed by atoms with E-state index >= 15 is 0 Å². The van der Waals surface area contributed by atoms with E-state index in [4.69, 9.17) is 0 Å². The van der Waals surface area contributed by atoms with E-state index in [9.17, 15) is 4.79 Å². The molecule has 0 bridgehead atoms. The summed E-state index contributed by atoms with van der Waals surface area (Å²) in [5.41, 5.74) is 9.83. The molecule has 130 valence electrons. The van der Waals surface area contributed by atoms with Gasteiger partial charge in [-0.05, 0) is 61.6 Å². The average Bonchev–Trinajstić information content (AvgIpc) is 3.19. The normalized spacial score (nSPS) is 19.5. The second kappa shape index (κ2) is 8.02. The maximum Gasteiger partial charge on any atom is 0.279 e. The largest absolute Gasteiger partial charge is 0.298 e. The van der Waals surface area contributed by atoms with Crippen LogP contribution >= 0.6 is 11.3 Å². The lowest BCUT2D eigenvalue weighted by atomic mass is 9.90. The Morgan fingerprint density at radius 1 is 1.33 bits per heavy atom. The lowest BCUT2D eigenvalue weighted by Gasteiger charge is -2.16. The van der Waals surface area contributed by atoms with Gasteiger partial charge in [-0.1, -0.05) is 38.8 Å². The third-order valence-electron chi connectivity index (χ3n) is 4.95. The first kappa shape index (κ1) is 17.3. The second-order valence-electron chi connectivity index (χ2n) is 7.03. The van der Waals surface area contributed by atoms with Crippen LogP contribution in [-0.2, 0) is 12.8 Å². The van der Waals surface area contributed by atoms with E-state index < -0.39 is 0 Å². The van der Waals surface area contributed by atoms with Gasteiger partial charge in [0, 0.05) is 4.88 Å². The van der Waals surface area contributed by atoms with Crippen molar-refractivity contribution in [2.45, 2.75) is 65.2 Å². The third-order valence-corrected chi connectivity index (χ3v) is 6.18. The zero-order valence-electron chi connectivity index (χ0n) is 14.8. The van der Waals surface area contributed by atoms with Crippen LogP contribution in [0.15, 0.2) is 29.5 Å². The Hall–Kier alpha value is -1.55. The van der Waals surface area contributed by atoms with Crippen LogP contribution in [0.2, 0.25) is 0 Å². The van der Waals surface area contributed by atoms with Crippen molar-refractivity contribution in [3.63, 3.8) is 0 Å². The zero-order chi connectivity index (χ0) is 16.9. The number of amides is 1. The zero-order valence-corrected chi connectivity index (χ0v) is 15.6. The van der Waals surface area contributed by atoms with E-state index in [0.29, 0.717) is 0 Å². The topological polar surface area (TPSA) is 41.1 Å². The summed E-state index contributed by atoms with van der Waals surface area (Å²) in [6.45, 7) is 4.51. The third kappa shape index (κ3) is 4.10. The number of carbonyl (C=O) groups is 1. The van der Waals surface area contributed by atoms with Crippen molar-refractivity contribution >= 4 is 17.2 Å². The van der Waals surface area contributed by atoms with Crippen molar-refractivity contribution in [3.8, 4) is 0 Å². The van der Waals surface area contributed by atoms with E-state index in [-0.39, 0.29) is 5.91 Å². The Balaban J connectivity index is 1.53. The molecule has 1 aromatic rings. The highest BCUT2D eigenvalue weighted by atomic mass is 32.1. The molecule has 0 unspecified atom stereocenters. The van der Waals surface area contributed by atoms with Gasteiger partial charge in [0.2, 0.25) is 0 Å². The number of hydrazine groups is 1. The highest BCUT2D eigenvalue weighted by molar-refractivity contribution is 7.14. The molecule has 3 rings (SSSR count). The number of rotatable bonds is 7. The van der Waals surface area contributed by atoms with Crippen molar-refractivity contribution in [1.82, 2.24) is 10.9 Å². The predicted octanol–water partition coefficient (Wildman–Crippen LogP) is 4.90. The van der Waals surface area contributed by atoms with Crippen LogP contribution < -0.4 is 10.9 Å². The monoisotopic (exact) mass is 344 g/mol. The van der Waals surface area contributed by atoms with Gasteiger partial charge in [0.1, 0.15) is 0 Å². The molecule has 0 saturated carbocycles. The molecule has 0 saturated heterocycles. The van der Waals surface area contributed by atoms with E-state index in [0.717, 1.165) is 42.2 Å². The number of allylic oxidation sites excluding steroid dienone is 3. The Labute approximate surface area is 149 Å². The number of hydrogen-bond acceptors (Lipinski definition) is 3. The second-order valence-corrected chi connectivity index (χ2v) is 8.16. The SMILES string of the molecule is CCCCCC1=CCC=C1NNC(=O)c1cc2c(s1)CC[C@H](C)C2. The van der Waals surface area contributed by atoms with Crippen LogP contribution in [0.3, 0.4) is 0 Å². The Morgan fingerprint density at radius 2 is 2.21 bits per heavy atom. The standard InChI is InChI=1S/C20H28N2OS/c1-3-4-5-7-15-8-6-9-17(15)21-22-20(23)19-13-16-12-14(2)10-11-18(16)24-19/h8-9,13-14,21H,3-7,10-12H2,1-2H3,(H,22,23)/t14-/m0/s1. The van der Waals surface area contributed by atoms with Crippen molar-refractivity contribution in [2.75, 3.05) is 0 Å². The summed E-state index contributed by atoms with van der Waals surface area (Å²) in [6.07, 6.45) is 13.7. The van der Waals surface area contributed by atoms with Crippen molar-refractivity contribution in [1.29, 1.82) is 0 Å². The van der Waals surface area contributed by atoms with Crippen LogP contribution in [0.25, 0.3) is 0 Å². The molecule has 0 aromatic carbocycles. The summed E-state index contributed by atoms with van der Waals surface area (Å²) in [4.78, 5) is 14.7. The minimum atomic E-state index is -0.0113. The van der Waals surface area contributed by atoms with Crippen LogP contribution in [0.5, 0.6) is 0 Å². The molecule has 3 nitrogen and oxygen atoms in total. The average molecular weight is 345 g/mol. The molecule has 2 aliphatic rings. The maximum absolute atomic E-state index is 12.5. The summed E-state index contributed by atoms with van der Waals surface area (Å²) >= 11 is 1.66. The van der Waals surface area contributed by atoms with Gasteiger partial charge in [0.05, 0.1) is 10.6 Å². The highest BCUT2D eigenvalue weighted by Crippen LogP contribution is 2.32. The van der Waals surface area contributed by atoms with Gasteiger partial charge in [-0.25, -0.2) is 0 Å². The summed E-state index contributed by atoms with van der Waals surface area (Å²) in [5.74, 6) is 0.725. The molecule has 4 heteroatoms. The number of fused-ring (bicyclic) bond motifs is 1. The van der Waals surface area contributed by atoms with Crippen molar-refractivity contribution < 1.29 is 4.79 Å². The van der Waals surface area contributed by atoms with E-state index in [1.54, 1.807) is 11.3 Å². The number of thiophene rings is 1. The number of unbranched alkanes of at least 4 members (excludes halogenated alkanes) is 2. The van der Waals surface area contributed by atoms with Crippen LogP contribution in [0.4, 0.5) is 0 Å². The summed E-state index contributed by atoms with van der Waals surface area (Å²) < 4.78 is 0. The molecule has 0 radical (unpaired) electrons. The van der Waals surface area contributed by atoms with Crippen molar-refractivity contribution in [2.24, 2.45) is 5.92 Å². The fraction of sp³-hybridized carbons (Fsp3) is 0.550. The first-order chi connectivity index (χ1) is 11.7. The molecule has 1 atom stereocenters. The van der Waals surface area contributed by atoms with Gasteiger partial charge >= 0.3 is 0 Å². The molecule has 24 heavy (non-hydrogen) atoms. The van der Waals surface area contributed by atoms with Crippen LogP contribution in [0.1, 0.15) is 72.5 Å². The van der Waals surface area contributed by atoms with Gasteiger partial charge in [0.15, 0.2) is 0 Å². The molecule has 0 spiro atoms. The molecular weight excluding hydrogens is 316 g/mol. The lowest BCUT2D eigenvalue weighted by molar-refractivity contribution is 0.0943. The minimum absolute atomic E-state index is 0.0113. The number of aryl methyl sites for hydroxylation is 1. The lowest BCUT2D eigenvalue weighted by Crippen LogP contribution is -2.36. The smallest absolute Gasteiger partial charge is 0.279 e. The molecule has 2 aliphatic carbocycles. The summed E-state index contributed by atoms with van der Waals surface area (Å²) in [7, 11) is 0. The van der Waals surface area contributed by atoms with Gasteiger partial charge in [-0.15, -0.1) is 11.3 Å². The molecule has 2 N–H and O–H groups in total. The van der Waals surface area contributed by atoms with Crippen LogP contribution in [-0.4, -0.2) is 5.91 Å². The highest BCUT2D eigenvalue weighted by Gasteiger charge is 2.21. The summed E-state index contributed by atoms with van der Waals surface area (Å²) in [5, 5.41) is 0. The fourth-order valence-electron chi connectivity index (χ4n) is 3.50. The first-order valence-corrected chi connectivity index (χ1v) is 10.1. The number of hydrogen-bond donors (Lipinski definition) is 2. The molecule has 1 heterocycles. The molecule has 1 aromatic heterocycles. The molecule has 0 fully saturated rings. The van der Waals surface area contributed by atoms with Crippen LogP contribution in [0, 0.1) is 5.92 Å². The number of carbonyl (C=O) groups excluding carboxylic acids is 1. The quantitative estimate of drug-likeness (QED) is 0.545. The van der Waals surface area contributed by atoms with Gasteiger partial charge in [-0.3, -0.25) is 15.6 Å². The predicted molar refractivity (Wildman–Crippen MR) is 101 cm³/mol. The minimum Gasteiger partial charge on any atom is -0.298 e. The number of nitrogens with one attached hydrogen (secondary N) is 2. The van der Waals surface area contributed by atoms with E-state index in [1.165, 1.54) is 41.7 Å². The Morgan fingerprint density at radius 3 is 3.04 bits per heavy atom. The Bertz CT molecular complexity index is 657. The molecule has 1 amide bonds. The van der Waals surface area contributed by atoms with Crippen molar-refractivity contribution in [3.05, 3.63) is 44.8 Å².